The zero-order chi connectivity index (χ0) is 14.4. The summed E-state index contributed by atoms with van der Waals surface area (Å²) in [6.07, 6.45) is 2.42. The Morgan fingerprint density at radius 3 is 2.65 bits per heavy atom. The number of carbonyl (C=O) groups is 1. The molecule has 0 N–H and O–H groups in total. The SMILES string of the molecule is C=CCc1cc(Cl)ccc1OCC(=O)c1ccccc1. The molecule has 0 amide bonds. The van der Waals surface area contributed by atoms with Crippen LogP contribution < -0.4 is 4.74 Å². The zero-order valence-electron chi connectivity index (χ0n) is 11.0. The average molecular weight is 287 g/mol. The molecular formula is C17H15ClO2. The van der Waals surface area contributed by atoms with E-state index in [0.717, 1.165) is 5.56 Å². The van der Waals surface area contributed by atoms with E-state index in [0.29, 0.717) is 22.8 Å². The van der Waals surface area contributed by atoms with E-state index in [4.69, 9.17) is 16.3 Å². The van der Waals surface area contributed by atoms with Gasteiger partial charge in [0, 0.05) is 10.6 Å². The molecule has 0 unspecified atom stereocenters. The molecule has 0 aromatic heterocycles. The fourth-order valence-electron chi connectivity index (χ4n) is 1.85. The third-order valence-corrected chi connectivity index (χ3v) is 3.08. The fourth-order valence-corrected chi connectivity index (χ4v) is 2.05. The van der Waals surface area contributed by atoms with Crippen molar-refractivity contribution in [1.82, 2.24) is 0 Å². The van der Waals surface area contributed by atoms with E-state index < -0.39 is 0 Å². The van der Waals surface area contributed by atoms with Crippen molar-refractivity contribution in [1.29, 1.82) is 0 Å². The Morgan fingerprint density at radius 1 is 1.20 bits per heavy atom. The van der Waals surface area contributed by atoms with E-state index in [9.17, 15) is 4.79 Å². The summed E-state index contributed by atoms with van der Waals surface area (Å²) in [6.45, 7) is 3.71. The van der Waals surface area contributed by atoms with Gasteiger partial charge in [-0.3, -0.25) is 4.79 Å². The van der Waals surface area contributed by atoms with Crippen LogP contribution in [0.25, 0.3) is 0 Å². The number of benzene rings is 2. The van der Waals surface area contributed by atoms with Gasteiger partial charge in [-0.1, -0.05) is 48.0 Å². The van der Waals surface area contributed by atoms with Crippen LogP contribution in [-0.2, 0) is 6.42 Å². The molecular weight excluding hydrogens is 272 g/mol. The monoisotopic (exact) mass is 286 g/mol. The van der Waals surface area contributed by atoms with Gasteiger partial charge >= 0.3 is 0 Å². The lowest BCUT2D eigenvalue weighted by atomic mass is 10.1. The molecule has 0 saturated carbocycles. The van der Waals surface area contributed by atoms with Crippen molar-refractivity contribution in [2.45, 2.75) is 6.42 Å². The molecule has 0 saturated heterocycles. The van der Waals surface area contributed by atoms with Crippen LogP contribution in [0.15, 0.2) is 61.2 Å². The van der Waals surface area contributed by atoms with Gasteiger partial charge in [-0.2, -0.15) is 0 Å². The van der Waals surface area contributed by atoms with Crippen LogP contribution in [0.3, 0.4) is 0 Å². The Morgan fingerprint density at radius 2 is 1.95 bits per heavy atom. The van der Waals surface area contributed by atoms with Gasteiger partial charge in [-0.15, -0.1) is 6.58 Å². The van der Waals surface area contributed by atoms with E-state index in [2.05, 4.69) is 6.58 Å². The second-order valence-electron chi connectivity index (χ2n) is 4.32. The first-order chi connectivity index (χ1) is 9.70. The number of rotatable bonds is 6. The summed E-state index contributed by atoms with van der Waals surface area (Å²) in [5, 5.41) is 0.642. The number of ketones is 1. The van der Waals surface area contributed by atoms with Gasteiger partial charge in [0.1, 0.15) is 5.75 Å². The van der Waals surface area contributed by atoms with Crippen LogP contribution in [0, 0.1) is 0 Å². The number of allylic oxidation sites excluding steroid dienone is 1. The van der Waals surface area contributed by atoms with Crippen molar-refractivity contribution in [3.05, 3.63) is 77.3 Å². The largest absolute Gasteiger partial charge is 0.485 e. The molecule has 3 heteroatoms. The van der Waals surface area contributed by atoms with Crippen LogP contribution in [0.5, 0.6) is 5.75 Å². The highest BCUT2D eigenvalue weighted by molar-refractivity contribution is 6.30. The van der Waals surface area contributed by atoms with E-state index in [1.54, 1.807) is 30.3 Å². The number of hydrogen-bond donors (Lipinski definition) is 0. The molecule has 0 fully saturated rings. The number of carbonyl (C=O) groups excluding carboxylic acids is 1. The molecule has 2 rings (SSSR count). The Hall–Kier alpha value is -2.06. The number of hydrogen-bond acceptors (Lipinski definition) is 2. The minimum absolute atomic E-state index is 0.00971. The summed E-state index contributed by atoms with van der Waals surface area (Å²) in [4.78, 5) is 12.0. The van der Waals surface area contributed by atoms with Crippen molar-refractivity contribution in [2.75, 3.05) is 6.61 Å². The van der Waals surface area contributed by atoms with Crippen molar-refractivity contribution < 1.29 is 9.53 Å². The first-order valence-corrected chi connectivity index (χ1v) is 6.69. The molecule has 0 bridgehead atoms. The van der Waals surface area contributed by atoms with E-state index in [-0.39, 0.29) is 12.4 Å². The summed E-state index contributed by atoms with van der Waals surface area (Å²) >= 11 is 5.95. The standard InChI is InChI=1S/C17H15ClO2/c1-2-6-14-11-15(18)9-10-17(14)20-12-16(19)13-7-4-3-5-8-13/h2-5,7-11H,1,6,12H2. The third-order valence-electron chi connectivity index (χ3n) is 2.84. The van der Waals surface area contributed by atoms with E-state index in [1.165, 1.54) is 0 Å². The Labute approximate surface area is 123 Å². The van der Waals surface area contributed by atoms with Crippen molar-refractivity contribution in [3.8, 4) is 5.75 Å². The van der Waals surface area contributed by atoms with Gasteiger partial charge in [0.2, 0.25) is 0 Å². The highest BCUT2D eigenvalue weighted by Crippen LogP contribution is 2.23. The summed E-state index contributed by atoms with van der Waals surface area (Å²) in [5.74, 6) is 0.615. The van der Waals surface area contributed by atoms with Crippen LogP contribution >= 0.6 is 11.6 Å². The normalized spacial score (nSPS) is 10.1. The molecule has 20 heavy (non-hydrogen) atoms. The van der Waals surface area contributed by atoms with Crippen molar-refractivity contribution in [2.24, 2.45) is 0 Å². The Bertz CT molecular complexity index is 606. The third kappa shape index (κ3) is 3.72. The van der Waals surface area contributed by atoms with E-state index in [1.807, 2.05) is 24.3 Å². The predicted octanol–water partition coefficient (Wildman–Crippen LogP) is 4.33. The molecule has 2 aromatic rings. The van der Waals surface area contributed by atoms with Crippen LogP contribution in [0.2, 0.25) is 5.02 Å². The van der Waals surface area contributed by atoms with Gasteiger partial charge in [0.15, 0.2) is 12.4 Å². The maximum absolute atomic E-state index is 12.0. The molecule has 0 aliphatic heterocycles. The van der Waals surface area contributed by atoms with Crippen molar-refractivity contribution >= 4 is 17.4 Å². The lowest BCUT2D eigenvalue weighted by Gasteiger charge is -2.10. The van der Waals surface area contributed by atoms with Gasteiger partial charge in [0.05, 0.1) is 0 Å². The lowest BCUT2D eigenvalue weighted by molar-refractivity contribution is 0.0921. The smallest absolute Gasteiger partial charge is 0.200 e. The number of ether oxygens (including phenoxy) is 1. The summed E-state index contributed by atoms with van der Waals surface area (Å²) < 4.78 is 5.60. The second kappa shape index (κ2) is 6.92. The van der Waals surface area contributed by atoms with Crippen LogP contribution in [0.4, 0.5) is 0 Å². The van der Waals surface area contributed by atoms with Gasteiger partial charge in [-0.05, 0) is 30.2 Å². The highest BCUT2D eigenvalue weighted by Gasteiger charge is 2.08. The molecule has 0 atom stereocenters. The first kappa shape index (κ1) is 14.4. The fraction of sp³-hybridized carbons (Fsp3) is 0.118. The average Bonchev–Trinajstić information content (AvgIpc) is 2.47. The highest BCUT2D eigenvalue weighted by atomic mass is 35.5. The minimum atomic E-state index is -0.0508. The molecule has 2 nitrogen and oxygen atoms in total. The topological polar surface area (TPSA) is 26.3 Å². The summed E-state index contributed by atoms with van der Waals surface area (Å²) in [7, 11) is 0. The van der Waals surface area contributed by atoms with Gasteiger partial charge in [0.25, 0.3) is 0 Å². The summed E-state index contributed by atoms with van der Waals surface area (Å²) in [5.41, 5.74) is 1.57. The number of Topliss-reactive ketones (excluding diaryl/α,β-unsaturated/α-hetero) is 1. The first-order valence-electron chi connectivity index (χ1n) is 6.31. The van der Waals surface area contributed by atoms with Crippen LogP contribution in [0.1, 0.15) is 15.9 Å². The van der Waals surface area contributed by atoms with Crippen molar-refractivity contribution in [3.63, 3.8) is 0 Å². The molecule has 102 valence electrons. The Balaban J connectivity index is 2.07. The maximum atomic E-state index is 12.0. The molecule has 0 radical (unpaired) electrons. The molecule has 0 heterocycles. The molecule has 0 aliphatic carbocycles. The quantitative estimate of drug-likeness (QED) is 0.583. The number of halogens is 1. The molecule has 0 spiro atoms. The maximum Gasteiger partial charge on any atom is 0.200 e. The predicted molar refractivity (Wildman–Crippen MR) is 81.6 cm³/mol. The molecule has 0 aliphatic rings. The van der Waals surface area contributed by atoms with Gasteiger partial charge in [-0.25, -0.2) is 0 Å². The summed E-state index contributed by atoms with van der Waals surface area (Å²) in [6, 6.07) is 14.4. The lowest BCUT2D eigenvalue weighted by Crippen LogP contribution is -2.12. The molecule has 2 aromatic carbocycles. The van der Waals surface area contributed by atoms with Gasteiger partial charge < -0.3 is 4.74 Å². The Kier molecular flexibility index (Phi) is 4.97. The van der Waals surface area contributed by atoms with Crippen LogP contribution in [-0.4, -0.2) is 12.4 Å². The second-order valence-corrected chi connectivity index (χ2v) is 4.76. The minimum Gasteiger partial charge on any atom is -0.485 e. The zero-order valence-corrected chi connectivity index (χ0v) is 11.8. The van der Waals surface area contributed by atoms with E-state index >= 15 is 0 Å².